The van der Waals surface area contributed by atoms with E-state index in [4.69, 9.17) is 0 Å². The van der Waals surface area contributed by atoms with E-state index in [1.54, 1.807) is 0 Å². The monoisotopic (exact) mass is 273 g/mol. The molecule has 2 rings (SSSR count). The normalized spacial score (nSPS) is 16.4. The van der Waals surface area contributed by atoms with E-state index in [1.807, 2.05) is 13.0 Å². The van der Waals surface area contributed by atoms with Crippen molar-refractivity contribution in [3.8, 4) is 0 Å². The lowest BCUT2D eigenvalue weighted by Crippen LogP contribution is -2.41. The summed E-state index contributed by atoms with van der Waals surface area (Å²) in [7, 11) is 0. The number of Topliss-reactive ketones (excluding diaryl/α,β-unsaturated/α-hetero) is 1. The van der Waals surface area contributed by atoms with Gasteiger partial charge in [-0.25, -0.2) is 0 Å². The number of carbonyl (C=O) groups is 1. The van der Waals surface area contributed by atoms with E-state index < -0.39 is 0 Å². The van der Waals surface area contributed by atoms with Crippen molar-refractivity contribution in [2.24, 2.45) is 0 Å². The average molecular weight is 273 g/mol. The molecule has 0 N–H and O–H groups in total. The van der Waals surface area contributed by atoms with Crippen molar-refractivity contribution in [3.05, 3.63) is 34.9 Å². The van der Waals surface area contributed by atoms with Crippen LogP contribution in [0.3, 0.4) is 0 Å². The van der Waals surface area contributed by atoms with Crippen molar-refractivity contribution in [2.75, 3.05) is 6.54 Å². The number of hydrogen-bond acceptors (Lipinski definition) is 2. The van der Waals surface area contributed by atoms with Gasteiger partial charge < -0.3 is 0 Å². The van der Waals surface area contributed by atoms with Gasteiger partial charge in [0.25, 0.3) is 0 Å². The van der Waals surface area contributed by atoms with E-state index in [9.17, 15) is 4.79 Å². The van der Waals surface area contributed by atoms with Crippen molar-refractivity contribution in [1.82, 2.24) is 4.90 Å². The van der Waals surface area contributed by atoms with Gasteiger partial charge in [0, 0.05) is 11.6 Å². The first-order valence-electron chi connectivity index (χ1n) is 7.91. The van der Waals surface area contributed by atoms with Crippen LogP contribution in [0.1, 0.15) is 61.0 Å². The highest BCUT2D eigenvalue weighted by Gasteiger charge is 2.34. The second-order valence-electron chi connectivity index (χ2n) is 6.18. The molecule has 1 aliphatic rings. The van der Waals surface area contributed by atoms with Crippen LogP contribution >= 0.6 is 0 Å². The molecule has 0 saturated heterocycles. The molecule has 1 unspecified atom stereocenters. The second-order valence-corrected chi connectivity index (χ2v) is 6.18. The summed E-state index contributed by atoms with van der Waals surface area (Å²) in [6.07, 6.45) is 4.89. The molecular weight excluding hydrogens is 246 g/mol. The Morgan fingerprint density at radius 2 is 2.05 bits per heavy atom. The number of nitrogens with zero attached hydrogens (tertiary/aromatic N) is 1. The van der Waals surface area contributed by atoms with Gasteiger partial charge in [-0.3, -0.25) is 9.69 Å². The highest BCUT2D eigenvalue weighted by atomic mass is 16.1. The molecule has 0 amide bonds. The highest BCUT2D eigenvalue weighted by Crippen LogP contribution is 2.30. The summed E-state index contributed by atoms with van der Waals surface area (Å²) in [4.78, 5) is 15.2. The Labute approximate surface area is 123 Å². The third-order valence-electron chi connectivity index (χ3n) is 4.32. The lowest BCUT2D eigenvalue weighted by atomic mass is 9.97. The van der Waals surface area contributed by atoms with Crippen LogP contribution in [0.25, 0.3) is 0 Å². The number of unbranched alkanes of at least 4 members (excludes halogenated alkanes) is 1. The predicted octanol–water partition coefficient (Wildman–Crippen LogP) is 4.14. The fourth-order valence-corrected chi connectivity index (χ4v) is 2.82. The first kappa shape index (κ1) is 15.2. The molecule has 1 saturated carbocycles. The minimum atomic E-state index is 0.00884. The SMILES string of the molecule is CCCCN(C1CC1)C(C)C(=O)c1cc(C)ccc1C. The fraction of sp³-hybridized carbons (Fsp3) is 0.611. The van der Waals surface area contributed by atoms with Gasteiger partial charge in [0.2, 0.25) is 0 Å². The fourth-order valence-electron chi connectivity index (χ4n) is 2.82. The maximum absolute atomic E-state index is 12.8. The van der Waals surface area contributed by atoms with Crippen molar-refractivity contribution >= 4 is 5.78 Å². The topological polar surface area (TPSA) is 20.3 Å². The van der Waals surface area contributed by atoms with Gasteiger partial charge in [-0.1, -0.05) is 31.0 Å². The zero-order valence-electron chi connectivity index (χ0n) is 13.3. The molecule has 0 heterocycles. The molecule has 110 valence electrons. The molecule has 2 nitrogen and oxygen atoms in total. The maximum Gasteiger partial charge on any atom is 0.179 e. The molecule has 0 spiro atoms. The van der Waals surface area contributed by atoms with Crippen LogP contribution in [-0.2, 0) is 0 Å². The summed E-state index contributed by atoms with van der Waals surface area (Å²) in [5.74, 6) is 0.286. The van der Waals surface area contributed by atoms with E-state index in [0.29, 0.717) is 6.04 Å². The minimum Gasteiger partial charge on any atom is -0.292 e. The van der Waals surface area contributed by atoms with Crippen molar-refractivity contribution in [3.63, 3.8) is 0 Å². The summed E-state index contributed by atoms with van der Waals surface area (Å²) in [6, 6.07) is 6.83. The van der Waals surface area contributed by atoms with Gasteiger partial charge >= 0.3 is 0 Å². The van der Waals surface area contributed by atoms with Gasteiger partial charge in [-0.15, -0.1) is 0 Å². The number of aryl methyl sites for hydroxylation is 2. The molecule has 20 heavy (non-hydrogen) atoms. The predicted molar refractivity (Wildman–Crippen MR) is 84.3 cm³/mol. The summed E-state index contributed by atoms with van der Waals surface area (Å²) in [6.45, 7) is 9.43. The summed E-state index contributed by atoms with van der Waals surface area (Å²) in [5.41, 5.74) is 3.16. The van der Waals surface area contributed by atoms with E-state index in [-0.39, 0.29) is 11.8 Å². The number of benzene rings is 1. The standard InChI is InChI=1S/C18H27NO/c1-5-6-11-19(16-9-10-16)15(4)18(20)17-12-13(2)7-8-14(17)3/h7-8,12,15-16H,5-6,9-11H2,1-4H3. The highest BCUT2D eigenvalue weighted by molar-refractivity contribution is 6.01. The molecule has 1 aromatic carbocycles. The molecular formula is C18H27NO. The largest absolute Gasteiger partial charge is 0.292 e. The van der Waals surface area contributed by atoms with E-state index in [1.165, 1.54) is 25.7 Å². The molecule has 2 heteroatoms. The van der Waals surface area contributed by atoms with Crippen LogP contribution in [0.2, 0.25) is 0 Å². The molecule has 0 bridgehead atoms. The van der Waals surface area contributed by atoms with Gasteiger partial charge in [-0.05, 0) is 58.2 Å². The first-order chi connectivity index (χ1) is 9.54. The van der Waals surface area contributed by atoms with Crippen LogP contribution in [0.4, 0.5) is 0 Å². The van der Waals surface area contributed by atoms with Crippen LogP contribution in [0.15, 0.2) is 18.2 Å². The van der Waals surface area contributed by atoms with Crippen LogP contribution in [0.5, 0.6) is 0 Å². The summed E-state index contributed by atoms with van der Waals surface area (Å²) < 4.78 is 0. The summed E-state index contributed by atoms with van der Waals surface area (Å²) in [5, 5.41) is 0. The zero-order chi connectivity index (χ0) is 14.7. The first-order valence-corrected chi connectivity index (χ1v) is 7.91. The van der Waals surface area contributed by atoms with Crippen molar-refractivity contribution in [2.45, 2.75) is 65.5 Å². The molecule has 1 atom stereocenters. The molecule has 1 fully saturated rings. The molecule has 1 aromatic rings. The molecule has 0 radical (unpaired) electrons. The zero-order valence-corrected chi connectivity index (χ0v) is 13.3. The number of rotatable bonds is 7. The summed E-state index contributed by atoms with van der Waals surface area (Å²) >= 11 is 0. The molecule has 0 aromatic heterocycles. The second kappa shape index (κ2) is 6.53. The Bertz CT molecular complexity index is 476. The van der Waals surface area contributed by atoms with Crippen LogP contribution in [-0.4, -0.2) is 29.3 Å². The Balaban J connectivity index is 2.15. The lowest BCUT2D eigenvalue weighted by Gasteiger charge is -2.28. The number of ketones is 1. The smallest absolute Gasteiger partial charge is 0.179 e. The number of hydrogen-bond donors (Lipinski definition) is 0. The number of carbonyl (C=O) groups excluding carboxylic acids is 1. The van der Waals surface area contributed by atoms with Crippen molar-refractivity contribution in [1.29, 1.82) is 0 Å². The average Bonchev–Trinajstić information content (AvgIpc) is 3.25. The quantitative estimate of drug-likeness (QED) is 0.696. The maximum atomic E-state index is 12.8. The Morgan fingerprint density at radius 1 is 1.35 bits per heavy atom. The minimum absolute atomic E-state index is 0.00884. The third-order valence-corrected chi connectivity index (χ3v) is 4.32. The Morgan fingerprint density at radius 3 is 2.65 bits per heavy atom. The van der Waals surface area contributed by atoms with E-state index in [0.717, 1.165) is 23.2 Å². The molecule has 1 aliphatic carbocycles. The van der Waals surface area contributed by atoms with Gasteiger partial charge in [-0.2, -0.15) is 0 Å². The molecule has 0 aliphatic heterocycles. The van der Waals surface area contributed by atoms with Gasteiger partial charge in [0.05, 0.1) is 6.04 Å². The van der Waals surface area contributed by atoms with Gasteiger partial charge in [0.15, 0.2) is 5.78 Å². The third kappa shape index (κ3) is 3.49. The Hall–Kier alpha value is -1.15. The van der Waals surface area contributed by atoms with E-state index >= 15 is 0 Å². The van der Waals surface area contributed by atoms with Gasteiger partial charge in [0.1, 0.15) is 0 Å². The van der Waals surface area contributed by atoms with E-state index in [2.05, 4.69) is 37.8 Å². The van der Waals surface area contributed by atoms with Crippen molar-refractivity contribution < 1.29 is 4.79 Å². The van der Waals surface area contributed by atoms with Crippen LogP contribution < -0.4 is 0 Å². The lowest BCUT2D eigenvalue weighted by molar-refractivity contribution is 0.0823. The Kier molecular flexibility index (Phi) is 4.98. The van der Waals surface area contributed by atoms with Crippen LogP contribution in [0, 0.1) is 13.8 Å².